The maximum absolute atomic E-state index is 11.8. The van der Waals surface area contributed by atoms with Crippen molar-refractivity contribution >= 4 is 18.3 Å². The minimum Gasteiger partial charge on any atom is -0.354 e. The van der Waals surface area contributed by atoms with Gasteiger partial charge in [-0.3, -0.25) is 4.79 Å². The Morgan fingerprint density at radius 1 is 1.39 bits per heavy atom. The Labute approximate surface area is 118 Å². The molecule has 1 amide bonds. The van der Waals surface area contributed by atoms with Crippen molar-refractivity contribution in [3.63, 3.8) is 0 Å². The van der Waals surface area contributed by atoms with E-state index in [0.29, 0.717) is 0 Å². The van der Waals surface area contributed by atoms with Gasteiger partial charge in [-0.1, -0.05) is 40.0 Å². The van der Waals surface area contributed by atoms with Gasteiger partial charge in [-0.05, 0) is 30.6 Å². The number of carbonyl (C=O) groups is 1. The van der Waals surface area contributed by atoms with E-state index in [1.165, 1.54) is 25.7 Å². The molecule has 0 heterocycles. The lowest BCUT2D eigenvalue weighted by molar-refractivity contribution is -0.123. The Morgan fingerprint density at radius 2 is 1.94 bits per heavy atom. The van der Waals surface area contributed by atoms with Gasteiger partial charge in [0.1, 0.15) is 0 Å². The van der Waals surface area contributed by atoms with Crippen LogP contribution in [0.2, 0.25) is 0 Å². The second kappa shape index (κ2) is 8.00. The monoisotopic (exact) mass is 276 g/mol. The predicted molar refractivity (Wildman–Crippen MR) is 78.9 cm³/mol. The third-order valence-electron chi connectivity index (χ3n) is 4.12. The highest BCUT2D eigenvalue weighted by Crippen LogP contribution is 2.38. The van der Waals surface area contributed by atoms with Crippen LogP contribution in [0.4, 0.5) is 0 Å². The summed E-state index contributed by atoms with van der Waals surface area (Å²) in [6.45, 7) is 7.33. The molecule has 1 aliphatic carbocycles. The number of rotatable bonds is 6. The molecule has 3 N–H and O–H groups in total. The summed E-state index contributed by atoms with van der Waals surface area (Å²) in [6, 6.07) is -0.334. The van der Waals surface area contributed by atoms with Crippen LogP contribution in [0.25, 0.3) is 0 Å². The summed E-state index contributed by atoms with van der Waals surface area (Å²) in [6.07, 6.45) is 7.04. The number of amides is 1. The molecule has 0 spiro atoms. The predicted octanol–water partition coefficient (Wildman–Crippen LogP) is 2.87. The lowest BCUT2D eigenvalue weighted by atomic mass is 9.77. The summed E-state index contributed by atoms with van der Waals surface area (Å²) in [7, 11) is 0. The highest BCUT2D eigenvalue weighted by molar-refractivity contribution is 5.85. The first kappa shape index (κ1) is 17.7. The zero-order chi connectivity index (χ0) is 12.9. The molecule has 1 atom stereocenters. The van der Waals surface area contributed by atoms with Crippen LogP contribution in [0.3, 0.4) is 0 Å². The summed E-state index contributed by atoms with van der Waals surface area (Å²) in [5.74, 6) is 0.767. The molecular formula is C14H29ClN2O. The van der Waals surface area contributed by atoms with Crippen molar-refractivity contribution in [1.29, 1.82) is 0 Å². The second-order valence-electron chi connectivity index (χ2n) is 6.08. The molecule has 4 heteroatoms. The van der Waals surface area contributed by atoms with Gasteiger partial charge in [0.25, 0.3) is 0 Å². The fraction of sp³-hybridized carbons (Fsp3) is 0.929. The molecule has 1 unspecified atom stereocenters. The molecule has 3 nitrogen and oxygen atoms in total. The van der Waals surface area contributed by atoms with Crippen LogP contribution < -0.4 is 11.1 Å². The number of halogens is 1. The molecule has 1 fully saturated rings. The van der Waals surface area contributed by atoms with E-state index < -0.39 is 0 Å². The van der Waals surface area contributed by atoms with Crippen LogP contribution >= 0.6 is 12.4 Å². The molecule has 1 aliphatic rings. The maximum atomic E-state index is 11.8. The SMILES string of the molecule is CCCC(N)C(=O)NCC(C)(C)C1CCCC1.Cl. The summed E-state index contributed by atoms with van der Waals surface area (Å²) in [5.41, 5.74) is 6.00. The molecule has 0 bridgehead atoms. The molecule has 1 rings (SSSR count). The first-order valence-corrected chi connectivity index (χ1v) is 7.00. The minimum atomic E-state index is -0.334. The van der Waals surface area contributed by atoms with Gasteiger partial charge in [0.2, 0.25) is 5.91 Å². The minimum absolute atomic E-state index is 0. The lowest BCUT2D eigenvalue weighted by Crippen LogP contribution is -2.45. The third kappa shape index (κ3) is 5.15. The van der Waals surface area contributed by atoms with E-state index >= 15 is 0 Å². The number of hydrogen-bond acceptors (Lipinski definition) is 2. The van der Waals surface area contributed by atoms with E-state index in [0.717, 1.165) is 25.3 Å². The summed E-state index contributed by atoms with van der Waals surface area (Å²) in [4.78, 5) is 11.8. The van der Waals surface area contributed by atoms with Crippen LogP contribution in [0.1, 0.15) is 59.3 Å². The van der Waals surface area contributed by atoms with E-state index in [9.17, 15) is 4.79 Å². The highest BCUT2D eigenvalue weighted by atomic mass is 35.5. The Kier molecular flexibility index (Phi) is 7.88. The molecule has 0 radical (unpaired) electrons. The van der Waals surface area contributed by atoms with E-state index in [2.05, 4.69) is 26.1 Å². The van der Waals surface area contributed by atoms with Crippen LogP contribution in [0, 0.1) is 11.3 Å². The summed E-state index contributed by atoms with van der Waals surface area (Å²) < 4.78 is 0. The van der Waals surface area contributed by atoms with Gasteiger partial charge < -0.3 is 11.1 Å². The molecule has 0 aromatic carbocycles. The Bertz CT molecular complexity index is 250. The average Bonchev–Trinajstić information content (AvgIpc) is 2.80. The highest BCUT2D eigenvalue weighted by Gasteiger charge is 2.32. The first-order valence-electron chi connectivity index (χ1n) is 7.00. The molecule has 1 saturated carbocycles. The molecule has 108 valence electrons. The smallest absolute Gasteiger partial charge is 0.236 e. The van der Waals surface area contributed by atoms with Crippen molar-refractivity contribution in [2.45, 2.75) is 65.3 Å². The molecule has 0 saturated heterocycles. The largest absolute Gasteiger partial charge is 0.354 e. The number of hydrogen-bond donors (Lipinski definition) is 2. The zero-order valence-electron chi connectivity index (χ0n) is 12.0. The number of nitrogens with one attached hydrogen (secondary N) is 1. The van der Waals surface area contributed by atoms with Crippen LogP contribution in [0.15, 0.2) is 0 Å². The van der Waals surface area contributed by atoms with E-state index in [-0.39, 0.29) is 29.8 Å². The van der Waals surface area contributed by atoms with Crippen LogP contribution in [-0.4, -0.2) is 18.5 Å². The fourth-order valence-corrected chi connectivity index (χ4v) is 2.74. The molecule has 0 aromatic heterocycles. The Morgan fingerprint density at radius 3 is 2.44 bits per heavy atom. The lowest BCUT2D eigenvalue weighted by Gasteiger charge is -2.32. The normalized spacial score (nSPS) is 18.2. The third-order valence-corrected chi connectivity index (χ3v) is 4.12. The standard InChI is InChI=1S/C14H28N2O.ClH/c1-4-7-12(15)13(17)16-10-14(2,3)11-8-5-6-9-11;/h11-12H,4-10,15H2,1-3H3,(H,16,17);1H. The van der Waals surface area contributed by atoms with Gasteiger partial charge in [-0.15, -0.1) is 12.4 Å². The van der Waals surface area contributed by atoms with E-state index in [1.54, 1.807) is 0 Å². The van der Waals surface area contributed by atoms with Gasteiger partial charge in [-0.25, -0.2) is 0 Å². The first-order chi connectivity index (χ1) is 7.97. The zero-order valence-corrected chi connectivity index (χ0v) is 12.8. The second-order valence-corrected chi connectivity index (χ2v) is 6.08. The van der Waals surface area contributed by atoms with Crippen molar-refractivity contribution in [1.82, 2.24) is 5.32 Å². The van der Waals surface area contributed by atoms with Gasteiger partial charge in [0.15, 0.2) is 0 Å². The van der Waals surface area contributed by atoms with E-state index in [4.69, 9.17) is 5.73 Å². The van der Waals surface area contributed by atoms with Crippen molar-refractivity contribution < 1.29 is 4.79 Å². The van der Waals surface area contributed by atoms with Crippen molar-refractivity contribution in [2.24, 2.45) is 17.1 Å². The van der Waals surface area contributed by atoms with E-state index in [1.807, 2.05) is 0 Å². The van der Waals surface area contributed by atoms with Crippen LogP contribution in [0.5, 0.6) is 0 Å². The number of carbonyl (C=O) groups excluding carboxylic acids is 1. The van der Waals surface area contributed by atoms with Crippen molar-refractivity contribution in [3.8, 4) is 0 Å². The molecule has 0 aliphatic heterocycles. The van der Waals surface area contributed by atoms with Crippen molar-refractivity contribution in [2.75, 3.05) is 6.54 Å². The molecule has 0 aromatic rings. The number of nitrogens with two attached hydrogens (primary N) is 1. The van der Waals surface area contributed by atoms with Crippen LogP contribution in [-0.2, 0) is 4.79 Å². The molecular weight excluding hydrogens is 248 g/mol. The van der Waals surface area contributed by atoms with Gasteiger partial charge in [0.05, 0.1) is 6.04 Å². The summed E-state index contributed by atoms with van der Waals surface area (Å²) >= 11 is 0. The quantitative estimate of drug-likeness (QED) is 0.784. The van der Waals surface area contributed by atoms with Gasteiger partial charge in [0, 0.05) is 6.54 Å². The topological polar surface area (TPSA) is 55.1 Å². The Hall–Kier alpha value is -0.280. The Balaban J connectivity index is 0.00000289. The van der Waals surface area contributed by atoms with Gasteiger partial charge >= 0.3 is 0 Å². The molecule has 18 heavy (non-hydrogen) atoms. The average molecular weight is 277 g/mol. The van der Waals surface area contributed by atoms with Gasteiger partial charge in [-0.2, -0.15) is 0 Å². The fourth-order valence-electron chi connectivity index (χ4n) is 2.74. The van der Waals surface area contributed by atoms with Crippen molar-refractivity contribution in [3.05, 3.63) is 0 Å². The maximum Gasteiger partial charge on any atom is 0.236 e. The summed E-state index contributed by atoms with van der Waals surface area (Å²) in [5, 5.41) is 3.02.